The Morgan fingerprint density at radius 2 is 1.38 bits per heavy atom. The van der Waals surface area contributed by atoms with Crippen molar-refractivity contribution in [1.82, 2.24) is 0 Å². The molecular formula is C8H10. The lowest BCUT2D eigenvalue weighted by molar-refractivity contribution is 0.283. The van der Waals surface area contributed by atoms with Gasteiger partial charge >= 0.3 is 0 Å². The van der Waals surface area contributed by atoms with E-state index in [0.29, 0.717) is 0 Å². The van der Waals surface area contributed by atoms with Gasteiger partial charge in [-0.1, -0.05) is 24.3 Å². The van der Waals surface area contributed by atoms with Crippen LogP contribution in [-0.2, 0) is 0 Å². The van der Waals surface area contributed by atoms with Gasteiger partial charge in [-0.2, -0.15) is 0 Å². The molecule has 0 nitrogen and oxygen atoms in total. The van der Waals surface area contributed by atoms with E-state index >= 15 is 0 Å². The average Bonchev–Trinajstić information content (AvgIpc) is 1.72. The van der Waals surface area contributed by atoms with E-state index in [1.54, 1.807) is 0 Å². The minimum atomic E-state index is 0.917. The first-order valence-electron chi connectivity index (χ1n) is 3.32. The van der Waals surface area contributed by atoms with Crippen LogP contribution in [0.15, 0.2) is 24.3 Å². The van der Waals surface area contributed by atoms with E-state index in [0.717, 1.165) is 11.8 Å². The van der Waals surface area contributed by atoms with Crippen LogP contribution in [0.2, 0.25) is 0 Å². The Hall–Kier alpha value is -0.520. The van der Waals surface area contributed by atoms with Gasteiger partial charge in [-0.25, -0.2) is 0 Å². The maximum atomic E-state index is 2.33. The Morgan fingerprint density at radius 1 is 0.875 bits per heavy atom. The minimum absolute atomic E-state index is 0.917. The lowest BCUT2D eigenvalue weighted by atomic mass is 9.72. The zero-order valence-electron chi connectivity index (χ0n) is 4.88. The van der Waals surface area contributed by atoms with E-state index in [4.69, 9.17) is 0 Å². The molecule has 8 heavy (non-hydrogen) atoms. The van der Waals surface area contributed by atoms with Crippen LogP contribution in [0.3, 0.4) is 0 Å². The fourth-order valence-electron chi connectivity index (χ4n) is 1.44. The molecule has 1 saturated carbocycles. The Bertz CT molecular complexity index is 124. The van der Waals surface area contributed by atoms with E-state index in [9.17, 15) is 0 Å². The van der Waals surface area contributed by atoms with Gasteiger partial charge in [0.1, 0.15) is 0 Å². The highest BCUT2D eigenvalue weighted by Crippen LogP contribution is 2.37. The average molecular weight is 106 g/mol. The Kier molecular flexibility index (Phi) is 0.806. The summed E-state index contributed by atoms with van der Waals surface area (Å²) in [5.74, 6) is 1.83. The summed E-state index contributed by atoms with van der Waals surface area (Å²) in [7, 11) is 0. The molecule has 1 fully saturated rings. The topological polar surface area (TPSA) is 0 Å². The summed E-state index contributed by atoms with van der Waals surface area (Å²) in [6, 6.07) is 0. The van der Waals surface area contributed by atoms with Crippen LogP contribution in [0, 0.1) is 11.8 Å². The molecule has 0 heteroatoms. The zero-order chi connectivity index (χ0) is 5.40. The summed E-state index contributed by atoms with van der Waals surface area (Å²) in [5, 5.41) is 0. The smallest absolute Gasteiger partial charge is 0.0167 e. The third-order valence-electron chi connectivity index (χ3n) is 2.21. The second-order valence-electron chi connectivity index (χ2n) is 2.67. The van der Waals surface area contributed by atoms with Crippen molar-refractivity contribution in [3.63, 3.8) is 0 Å². The fraction of sp³-hybridized carbons (Fsp3) is 0.500. The predicted molar refractivity (Wildman–Crippen MR) is 34.5 cm³/mol. The number of hydrogen-bond acceptors (Lipinski definition) is 0. The number of allylic oxidation sites excluding steroid dienone is 4. The molecular weight excluding hydrogens is 96.1 g/mol. The van der Waals surface area contributed by atoms with Gasteiger partial charge in [-0.05, 0) is 24.7 Å². The summed E-state index contributed by atoms with van der Waals surface area (Å²) in [5.41, 5.74) is 0. The monoisotopic (exact) mass is 106 g/mol. The molecule has 0 aromatic rings. The van der Waals surface area contributed by atoms with Gasteiger partial charge in [0.15, 0.2) is 0 Å². The molecule has 2 aliphatic rings. The summed E-state index contributed by atoms with van der Waals surface area (Å²) < 4.78 is 0. The van der Waals surface area contributed by atoms with Gasteiger partial charge in [0.05, 0.1) is 0 Å². The van der Waals surface area contributed by atoms with Crippen molar-refractivity contribution in [3.8, 4) is 0 Å². The minimum Gasteiger partial charge on any atom is -0.0808 e. The highest BCUT2D eigenvalue weighted by atomic mass is 14.3. The fourth-order valence-corrected chi connectivity index (χ4v) is 1.44. The van der Waals surface area contributed by atoms with Gasteiger partial charge in [0.25, 0.3) is 0 Å². The molecule has 0 aromatic heterocycles. The van der Waals surface area contributed by atoms with E-state index in [2.05, 4.69) is 24.3 Å². The highest BCUT2D eigenvalue weighted by molar-refractivity contribution is 5.17. The van der Waals surface area contributed by atoms with Crippen LogP contribution in [0.1, 0.15) is 12.8 Å². The normalized spacial score (nSPS) is 41.0. The number of hydrogen-bond donors (Lipinski definition) is 0. The first-order valence-corrected chi connectivity index (χ1v) is 3.32. The third kappa shape index (κ3) is 0.459. The summed E-state index contributed by atoms with van der Waals surface area (Å²) in [6.07, 6.45) is 11.8. The molecule has 0 spiro atoms. The number of rotatable bonds is 0. The standard InChI is InChI=1S/C8H10/c1-2-4-8-6-5-7(8)3-1/h1-4,7-8H,5-6H2/t7-,8+. The predicted octanol–water partition coefficient (Wildman–Crippen LogP) is 2.14. The maximum absolute atomic E-state index is 2.33. The SMILES string of the molecule is C1=C[C@@H]2CC[C@@H]2C=C1. The highest BCUT2D eigenvalue weighted by Gasteiger charge is 2.26. The van der Waals surface area contributed by atoms with Gasteiger partial charge in [-0.15, -0.1) is 0 Å². The van der Waals surface area contributed by atoms with Crippen LogP contribution < -0.4 is 0 Å². The third-order valence-corrected chi connectivity index (χ3v) is 2.21. The van der Waals surface area contributed by atoms with E-state index < -0.39 is 0 Å². The first-order chi connectivity index (χ1) is 3.97. The largest absolute Gasteiger partial charge is 0.0808 e. The summed E-state index contributed by atoms with van der Waals surface area (Å²) in [4.78, 5) is 0. The van der Waals surface area contributed by atoms with Crippen molar-refractivity contribution in [3.05, 3.63) is 24.3 Å². The Morgan fingerprint density at radius 3 is 1.62 bits per heavy atom. The van der Waals surface area contributed by atoms with E-state index in [-0.39, 0.29) is 0 Å². The van der Waals surface area contributed by atoms with Crippen molar-refractivity contribution in [2.24, 2.45) is 11.8 Å². The van der Waals surface area contributed by atoms with Crippen LogP contribution in [0.5, 0.6) is 0 Å². The van der Waals surface area contributed by atoms with Crippen molar-refractivity contribution in [2.45, 2.75) is 12.8 Å². The van der Waals surface area contributed by atoms with Crippen molar-refractivity contribution in [2.75, 3.05) is 0 Å². The van der Waals surface area contributed by atoms with Crippen molar-refractivity contribution >= 4 is 0 Å². The molecule has 2 atom stereocenters. The van der Waals surface area contributed by atoms with Crippen LogP contribution in [0.4, 0.5) is 0 Å². The van der Waals surface area contributed by atoms with E-state index in [1.807, 2.05) is 0 Å². The maximum Gasteiger partial charge on any atom is -0.0167 e. The van der Waals surface area contributed by atoms with Crippen LogP contribution in [-0.4, -0.2) is 0 Å². The molecule has 0 bridgehead atoms. The second kappa shape index (κ2) is 1.48. The molecule has 0 N–H and O–H groups in total. The van der Waals surface area contributed by atoms with Gasteiger partial charge in [-0.3, -0.25) is 0 Å². The molecule has 0 aliphatic heterocycles. The second-order valence-corrected chi connectivity index (χ2v) is 2.67. The molecule has 0 amide bonds. The van der Waals surface area contributed by atoms with Crippen molar-refractivity contribution < 1.29 is 0 Å². The lowest BCUT2D eigenvalue weighted by Gasteiger charge is -2.33. The quantitative estimate of drug-likeness (QED) is 0.444. The Balaban J connectivity index is 2.17. The molecule has 2 aliphatic carbocycles. The van der Waals surface area contributed by atoms with Gasteiger partial charge in [0, 0.05) is 0 Å². The molecule has 0 radical (unpaired) electrons. The molecule has 42 valence electrons. The summed E-state index contributed by atoms with van der Waals surface area (Å²) >= 11 is 0. The lowest BCUT2D eigenvalue weighted by Crippen LogP contribution is -2.22. The molecule has 0 aromatic carbocycles. The molecule has 0 unspecified atom stereocenters. The summed E-state index contributed by atoms with van der Waals surface area (Å²) in [6.45, 7) is 0. The van der Waals surface area contributed by atoms with Gasteiger partial charge in [0.2, 0.25) is 0 Å². The first kappa shape index (κ1) is 4.37. The van der Waals surface area contributed by atoms with Crippen LogP contribution >= 0.6 is 0 Å². The molecule has 2 rings (SSSR count). The zero-order valence-corrected chi connectivity index (χ0v) is 4.88. The Labute approximate surface area is 49.9 Å². The van der Waals surface area contributed by atoms with E-state index in [1.165, 1.54) is 12.8 Å². The molecule has 0 heterocycles. The number of fused-ring (bicyclic) bond motifs is 1. The molecule has 0 saturated heterocycles. The van der Waals surface area contributed by atoms with Gasteiger partial charge < -0.3 is 0 Å². The van der Waals surface area contributed by atoms with Crippen LogP contribution in [0.25, 0.3) is 0 Å². The van der Waals surface area contributed by atoms with Crippen molar-refractivity contribution in [1.29, 1.82) is 0 Å².